The number of carbonyl (C=O) groups excluding carboxylic acids is 5. The number of carbonyl (C=O) groups is 3. The zero-order chi connectivity index (χ0) is 24.3. The maximum Gasteiger partial charge on any atom is 0.373 e. The van der Waals surface area contributed by atoms with Gasteiger partial charge in [-0.25, -0.2) is 4.79 Å². The van der Waals surface area contributed by atoms with Crippen molar-refractivity contribution in [2.24, 2.45) is 5.92 Å². The van der Waals surface area contributed by atoms with Crippen LogP contribution in [0.25, 0.3) is 0 Å². The average molecular weight is 446 g/mol. The number of likely N-dealkylation sites (tertiary alicyclic amines) is 1. The van der Waals surface area contributed by atoms with E-state index < -0.39 is 0 Å². The van der Waals surface area contributed by atoms with Crippen molar-refractivity contribution in [2.75, 3.05) is 20.2 Å². The molecule has 0 unspecified atom stereocenters. The number of benzene rings is 1. The maximum absolute atomic E-state index is 12.7. The molecule has 0 aliphatic carbocycles. The molecule has 0 radical (unpaired) electrons. The maximum atomic E-state index is 12.7. The van der Waals surface area contributed by atoms with E-state index in [0.717, 1.165) is 11.1 Å². The predicted molar refractivity (Wildman–Crippen MR) is 115 cm³/mol. The molecule has 1 aromatic rings. The van der Waals surface area contributed by atoms with Gasteiger partial charge in [0.05, 0.1) is 7.11 Å². The van der Waals surface area contributed by atoms with E-state index in [0.29, 0.717) is 43.5 Å². The highest BCUT2D eigenvalue weighted by Crippen LogP contribution is 2.21. The summed E-state index contributed by atoms with van der Waals surface area (Å²) in [5.74, 6) is -0.370. The highest BCUT2D eigenvalue weighted by molar-refractivity contribution is 5.94. The van der Waals surface area contributed by atoms with Crippen LogP contribution in [0.3, 0.4) is 0 Å². The molecule has 8 heteroatoms. The second-order valence-electron chi connectivity index (χ2n) is 7.87. The fourth-order valence-corrected chi connectivity index (χ4v) is 3.41. The molecule has 0 saturated carbocycles. The Bertz CT molecular complexity index is 857. The van der Waals surface area contributed by atoms with Crippen LogP contribution in [0.1, 0.15) is 56.5 Å². The molecule has 0 spiro atoms. The van der Waals surface area contributed by atoms with Gasteiger partial charge in [0.25, 0.3) is 5.91 Å². The van der Waals surface area contributed by atoms with Gasteiger partial charge in [-0.2, -0.15) is 9.59 Å². The summed E-state index contributed by atoms with van der Waals surface area (Å²) in [6.07, 6.45) is 1.93. The quantitative estimate of drug-likeness (QED) is 0.489. The third kappa shape index (κ3) is 8.12. The van der Waals surface area contributed by atoms with Gasteiger partial charge in [-0.05, 0) is 30.5 Å². The van der Waals surface area contributed by atoms with E-state index in [2.05, 4.69) is 0 Å². The molecule has 1 aliphatic rings. The molecule has 174 valence electrons. The van der Waals surface area contributed by atoms with Crippen LogP contribution in [0.15, 0.2) is 35.4 Å². The molecule has 1 amide bonds. The van der Waals surface area contributed by atoms with Gasteiger partial charge in [-0.1, -0.05) is 31.6 Å². The Morgan fingerprint density at radius 2 is 1.59 bits per heavy atom. The minimum atomic E-state index is -0.313. The third-order valence-corrected chi connectivity index (χ3v) is 5.42. The van der Waals surface area contributed by atoms with Crippen LogP contribution in [0.4, 0.5) is 0 Å². The monoisotopic (exact) mass is 445 g/mol. The van der Waals surface area contributed by atoms with Gasteiger partial charge in [0.2, 0.25) is 0 Å². The average Bonchev–Trinajstić information content (AvgIpc) is 2.77. The second-order valence-corrected chi connectivity index (χ2v) is 7.87. The van der Waals surface area contributed by atoms with Crippen molar-refractivity contribution in [3.63, 3.8) is 0 Å². The summed E-state index contributed by atoms with van der Waals surface area (Å²) < 4.78 is 10.2. The summed E-state index contributed by atoms with van der Waals surface area (Å²) in [5.41, 5.74) is 3.24. The first-order valence-electron chi connectivity index (χ1n) is 10.5. The molecule has 1 fully saturated rings. The molecule has 0 bridgehead atoms. The van der Waals surface area contributed by atoms with E-state index in [4.69, 9.17) is 19.1 Å². The first-order chi connectivity index (χ1) is 15.1. The van der Waals surface area contributed by atoms with Gasteiger partial charge in [0, 0.05) is 50.4 Å². The molecule has 2 rings (SSSR count). The largest absolute Gasteiger partial charge is 0.466 e. The van der Waals surface area contributed by atoms with Crippen molar-refractivity contribution < 1.29 is 33.4 Å². The van der Waals surface area contributed by atoms with E-state index in [1.54, 1.807) is 17.0 Å². The number of nitrogens with zero attached hydrogens (tertiary/aromatic N) is 1. The Balaban J connectivity index is 0.00000161. The Morgan fingerprint density at radius 1 is 1.06 bits per heavy atom. The van der Waals surface area contributed by atoms with Crippen LogP contribution in [0.2, 0.25) is 0 Å². The number of amides is 1. The molecule has 1 aromatic carbocycles. The lowest BCUT2D eigenvalue weighted by Crippen LogP contribution is -2.41. The van der Waals surface area contributed by atoms with Crippen LogP contribution in [-0.4, -0.2) is 55.2 Å². The predicted octanol–water partition coefficient (Wildman–Crippen LogP) is 2.96. The summed E-state index contributed by atoms with van der Waals surface area (Å²) in [4.78, 5) is 54.0. The molecular weight excluding hydrogens is 414 g/mol. The highest BCUT2D eigenvalue weighted by atomic mass is 16.5. The van der Waals surface area contributed by atoms with Gasteiger partial charge in [0.15, 0.2) is 0 Å². The minimum absolute atomic E-state index is 0.0279. The van der Waals surface area contributed by atoms with Gasteiger partial charge in [-0.15, -0.1) is 0 Å². The van der Waals surface area contributed by atoms with Crippen molar-refractivity contribution in [1.82, 2.24) is 4.90 Å². The Kier molecular flexibility index (Phi) is 11.1. The van der Waals surface area contributed by atoms with Crippen molar-refractivity contribution in [3.05, 3.63) is 46.5 Å². The fourth-order valence-electron chi connectivity index (χ4n) is 3.41. The molecular formula is C24H31NO7. The number of rotatable bonds is 6. The lowest BCUT2D eigenvalue weighted by Gasteiger charge is -2.31. The molecule has 0 aromatic heterocycles. The Hall–Kier alpha value is -3.25. The molecule has 1 heterocycles. The number of esters is 2. The van der Waals surface area contributed by atoms with Gasteiger partial charge in [0.1, 0.15) is 6.10 Å². The zero-order valence-corrected chi connectivity index (χ0v) is 19.3. The summed E-state index contributed by atoms with van der Waals surface area (Å²) in [6, 6.07) is 7.37. The van der Waals surface area contributed by atoms with Crippen LogP contribution in [-0.2, 0) is 35.1 Å². The molecule has 8 nitrogen and oxygen atoms in total. The summed E-state index contributed by atoms with van der Waals surface area (Å²) in [6.45, 7) is 8.59. The first kappa shape index (κ1) is 26.8. The van der Waals surface area contributed by atoms with Gasteiger partial charge >= 0.3 is 18.1 Å². The van der Waals surface area contributed by atoms with Crippen molar-refractivity contribution >= 4 is 24.0 Å². The molecule has 0 atom stereocenters. The van der Waals surface area contributed by atoms with E-state index >= 15 is 0 Å². The SMILES string of the molecule is COC(=O)/C(Cc1ccc(C(=O)N2CCC(OC(C)=O)CC2)cc1)=C(\C)C(C)C.O=C=O. The lowest BCUT2D eigenvalue weighted by molar-refractivity contribution is -0.191. The van der Waals surface area contributed by atoms with Crippen LogP contribution < -0.4 is 0 Å². The van der Waals surface area contributed by atoms with Crippen molar-refractivity contribution in [2.45, 2.75) is 53.1 Å². The van der Waals surface area contributed by atoms with Crippen LogP contribution >= 0.6 is 0 Å². The van der Waals surface area contributed by atoms with Gasteiger partial charge < -0.3 is 14.4 Å². The van der Waals surface area contributed by atoms with Gasteiger partial charge in [-0.3, -0.25) is 9.59 Å². The normalized spacial score (nSPS) is 14.5. The van der Waals surface area contributed by atoms with Crippen molar-refractivity contribution in [3.8, 4) is 0 Å². The molecule has 32 heavy (non-hydrogen) atoms. The summed E-state index contributed by atoms with van der Waals surface area (Å²) in [5, 5.41) is 0. The Morgan fingerprint density at radius 3 is 2.03 bits per heavy atom. The smallest absolute Gasteiger partial charge is 0.373 e. The Labute approximate surface area is 188 Å². The zero-order valence-electron chi connectivity index (χ0n) is 19.3. The fraction of sp³-hybridized carbons (Fsp3) is 0.500. The number of ether oxygens (including phenoxy) is 2. The number of hydrogen-bond donors (Lipinski definition) is 0. The van der Waals surface area contributed by atoms with Crippen molar-refractivity contribution in [1.29, 1.82) is 0 Å². The van der Waals surface area contributed by atoms with Crippen LogP contribution in [0.5, 0.6) is 0 Å². The molecule has 1 aliphatic heterocycles. The molecule has 1 saturated heterocycles. The number of methoxy groups -OCH3 is 1. The third-order valence-electron chi connectivity index (χ3n) is 5.42. The minimum Gasteiger partial charge on any atom is -0.466 e. The lowest BCUT2D eigenvalue weighted by atomic mass is 9.94. The van der Waals surface area contributed by atoms with E-state index in [9.17, 15) is 14.4 Å². The highest BCUT2D eigenvalue weighted by Gasteiger charge is 2.25. The summed E-state index contributed by atoms with van der Waals surface area (Å²) in [7, 11) is 1.39. The second kappa shape index (κ2) is 13.2. The van der Waals surface area contributed by atoms with Crippen LogP contribution in [0, 0.1) is 5.92 Å². The van der Waals surface area contributed by atoms with E-state index in [-0.39, 0.29) is 36.0 Å². The topological polar surface area (TPSA) is 107 Å². The van der Waals surface area contributed by atoms with E-state index in [1.807, 2.05) is 32.9 Å². The standard InChI is InChI=1S/C23H31NO5.CO2/c1-15(2)16(3)21(23(27)28-5)14-18-6-8-19(9-7-18)22(26)24-12-10-20(11-13-24)29-17(4)25;2-1-3/h6-9,15,20H,10-14H2,1-5H3;/b21-16+;. The number of allylic oxidation sites excluding steroid dienone is 1. The van der Waals surface area contributed by atoms with E-state index in [1.165, 1.54) is 14.0 Å². The number of piperidine rings is 1. The number of hydrogen-bond acceptors (Lipinski definition) is 7. The first-order valence-corrected chi connectivity index (χ1v) is 10.5. The summed E-state index contributed by atoms with van der Waals surface area (Å²) >= 11 is 0. The molecule has 0 N–H and O–H groups in total.